The smallest absolute Gasteiger partial charge is 0.303 e. The highest BCUT2D eigenvalue weighted by Crippen LogP contribution is 2.10. The van der Waals surface area contributed by atoms with Gasteiger partial charge in [0.1, 0.15) is 0 Å². The zero-order chi connectivity index (χ0) is 15.0. The van der Waals surface area contributed by atoms with Crippen LogP contribution in [0.5, 0.6) is 0 Å². The Kier molecular flexibility index (Phi) is 6.18. The largest absolute Gasteiger partial charge is 0.481 e. The summed E-state index contributed by atoms with van der Waals surface area (Å²) in [6.07, 6.45) is 0.507. The highest BCUT2D eigenvalue weighted by molar-refractivity contribution is 5.94. The molecule has 0 heterocycles. The zero-order valence-corrected chi connectivity index (χ0v) is 10.9. The van der Waals surface area contributed by atoms with Gasteiger partial charge in [0.15, 0.2) is 0 Å². The Hall–Kier alpha value is -2.41. The first-order valence-electron chi connectivity index (χ1n) is 6.08. The van der Waals surface area contributed by atoms with Crippen LogP contribution in [0, 0.1) is 0 Å². The standard InChI is InChI=1S/C13H17N3O4/c14-7-11(17)15-8-12(18)16-10-4-1-9(2-5-10)3-6-13(19)20/h1-2,4-5H,3,6-8,14H2,(H,15,17)(H,16,18)(H,19,20). The molecule has 0 unspecified atom stereocenters. The molecule has 20 heavy (non-hydrogen) atoms. The number of nitrogens with two attached hydrogens (primary N) is 1. The number of carboxylic acids is 1. The SMILES string of the molecule is NCC(=O)NCC(=O)Nc1ccc(CCC(=O)O)cc1. The summed E-state index contributed by atoms with van der Waals surface area (Å²) in [4.78, 5) is 32.8. The molecule has 0 aromatic heterocycles. The van der Waals surface area contributed by atoms with E-state index < -0.39 is 11.9 Å². The summed E-state index contributed by atoms with van der Waals surface area (Å²) < 4.78 is 0. The first-order chi connectivity index (χ1) is 9.51. The molecule has 0 bridgehead atoms. The van der Waals surface area contributed by atoms with E-state index >= 15 is 0 Å². The van der Waals surface area contributed by atoms with Gasteiger partial charge in [-0.05, 0) is 24.1 Å². The van der Waals surface area contributed by atoms with Crippen molar-refractivity contribution in [3.63, 3.8) is 0 Å². The van der Waals surface area contributed by atoms with Crippen LogP contribution in [0.25, 0.3) is 0 Å². The van der Waals surface area contributed by atoms with E-state index in [9.17, 15) is 14.4 Å². The molecule has 0 saturated heterocycles. The van der Waals surface area contributed by atoms with Crippen LogP contribution in [0.2, 0.25) is 0 Å². The molecule has 0 radical (unpaired) electrons. The summed E-state index contributed by atoms with van der Waals surface area (Å²) in [6, 6.07) is 6.85. The number of amides is 2. The second kappa shape index (κ2) is 7.90. The lowest BCUT2D eigenvalue weighted by Crippen LogP contribution is -2.36. The molecule has 0 spiro atoms. The van der Waals surface area contributed by atoms with E-state index in [-0.39, 0.29) is 25.4 Å². The minimum absolute atomic E-state index is 0.0663. The summed E-state index contributed by atoms with van der Waals surface area (Å²) in [7, 11) is 0. The highest BCUT2D eigenvalue weighted by Gasteiger charge is 2.05. The average Bonchev–Trinajstić information content (AvgIpc) is 2.44. The normalized spacial score (nSPS) is 9.85. The number of aliphatic carboxylic acids is 1. The van der Waals surface area contributed by atoms with E-state index in [0.717, 1.165) is 5.56 Å². The van der Waals surface area contributed by atoms with Crippen LogP contribution >= 0.6 is 0 Å². The maximum Gasteiger partial charge on any atom is 0.303 e. The number of aryl methyl sites for hydroxylation is 1. The third-order valence-electron chi connectivity index (χ3n) is 2.50. The van der Waals surface area contributed by atoms with Crippen LogP contribution in [-0.2, 0) is 20.8 Å². The maximum absolute atomic E-state index is 11.5. The average molecular weight is 279 g/mol. The molecule has 2 amide bonds. The number of hydrogen-bond acceptors (Lipinski definition) is 4. The van der Waals surface area contributed by atoms with Crippen LogP contribution in [-0.4, -0.2) is 36.0 Å². The second-order valence-corrected chi connectivity index (χ2v) is 4.12. The van der Waals surface area contributed by atoms with Gasteiger partial charge in [0.25, 0.3) is 0 Å². The van der Waals surface area contributed by atoms with Crippen LogP contribution in [0.4, 0.5) is 5.69 Å². The molecule has 1 rings (SSSR count). The molecule has 1 aromatic rings. The summed E-state index contributed by atoms with van der Waals surface area (Å²) in [5.41, 5.74) is 6.55. The van der Waals surface area contributed by atoms with E-state index in [4.69, 9.17) is 10.8 Å². The van der Waals surface area contributed by atoms with Crippen molar-refractivity contribution in [1.29, 1.82) is 0 Å². The number of carbonyl (C=O) groups is 3. The van der Waals surface area contributed by atoms with Gasteiger partial charge >= 0.3 is 5.97 Å². The number of nitrogens with one attached hydrogen (secondary N) is 2. The zero-order valence-electron chi connectivity index (χ0n) is 10.9. The van der Waals surface area contributed by atoms with Crippen molar-refractivity contribution < 1.29 is 19.5 Å². The Labute approximate surface area is 116 Å². The monoisotopic (exact) mass is 279 g/mol. The maximum atomic E-state index is 11.5. The highest BCUT2D eigenvalue weighted by atomic mass is 16.4. The van der Waals surface area contributed by atoms with Gasteiger partial charge in [0, 0.05) is 12.1 Å². The van der Waals surface area contributed by atoms with Gasteiger partial charge in [-0.1, -0.05) is 12.1 Å². The van der Waals surface area contributed by atoms with Gasteiger partial charge < -0.3 is 21.5 Å². The van der Waals surface area contributed by atoms with Crippen molar-refractivity contribution in [2.45, 2.75) is 12.8 Å². The molecule has 0 aliphatic heterocycles. The fourth-order valence-corrected chi connectivity index (χ4v) is 1.46. The van der Waals surface area contributed by atoms with E-state index in [1.807, 2.05) is 0 Å². The first-order valence-corrected chi connectivity index (χ1v) is 6.08. The van der Waals surface area contributed by atoms with E-state index in [0.29, 0.717) is 12.1 Å². The van der Waals surface area contributed by atoms with Crippen LogP contribution in [0.1, 0.15) is 12.0 Å². The van der Waals surface area contributed by atoms with Gasteiger partial charge in [0.05, 0.1) is 13.1 Å². The number of rotatable bonds is 7. The molecule has 108 valence electrons. The van der Waals surface area contributed by atoms with Crippen molar-refractivity contribution in [2.75, 3.05) is 18.4 Å². The minimum atomic E-state index is -0.849. The molecule has 0 aliphatic rings. The predicted octanol–water partition coefficient (Wildman–Crippen LogP) is -0.283. The second-order valence-electron chi connectivity index (χ2n) is 4.12. The van der Waals surface area contributed by atoms with Crippen molar-refractivity contribution >= 4 is 23.5 Å². The summed E-state index contributed by atoms with van der Waals surface area (Å²) >= 11 is 0. The van der Waals surface area contributed by atoms with Gasteiger partial charge in [-0.25, -0.2) is 0 Å². The lowest BCUT2D eigenvalue weighted by Gasteiger charge is -2.07. The number of anilines is 1. The number of hydrogen-bond donors (Lipinski definition) is 4. The lowest BCUT2D eigenvalue weighted by atomic mass is 10.1. The van der Waals surface area contributed by atoms with Gasteiger partial charge in [-0.15, -0.1) is 0 Å². The summed E-state index contributed by atoms with van der Waals surface area (Å²) in [5, 5.41) is 13.5. The van der Waals surface area contributed by atoms with Crippen molar-refractivity contribution in [3.8, 4) is 0 Å². The molecule has 7 heteroatoms. The fraction of sp³-hybridized carbons (Fsp3) is 0.308. The Morgan fingerprint density at radius 2 is 1.75 bits per heavy atom. The van der Waals surface area contributed by atoms with Gasteiger partial charge in [0.2, 0.25) is 11.8 Å². The Balaban J connectivity index is 2.42. The Bertz CT molecular complexity index is 485. The fourth-order valence-electron chi connectivity index (χ4n) is 1.46. The third-order valence-corrected chi connectivity index (χ3v) is 2.50. The molecule has 0 atom stereocenters. The van der Waals surface area contributed by atoms with E-state index in [1.54, 1.807) is 24.3 Å². The van der Waals surface area contributed by atoms with Crippen molar-refractivity contribution in [1.82, 2.24) is 5.32 Å². The van der Waals surface area contributed by atoms with Crippen LogP contribution in [0.3, 0.4) is 0 Å². The molecule has 5 N–H and O–H groups in total. The molecule has 0 aliphatic carbocycles. The topological polar surface area (TPSA) is 122 Å². The van der Waals surface area contributed by atoms with Crippen molar-refractivity contribution in [3.05, 3.63) is 29.8 Å². The van der Waals surface area contributed by atoms with Gasteiger partial charge in [-0.2, -0.15) is 0 Å². The molecule has 1 aromatic carbocycles. The number of benzene rings is 1. The summed E-state index contributed by atoms with van der Waals surface area (Å²) in [6.45, 7) is -0.303. The molecule has 0 saturated carbocycles. The summed E-state index contributed by atoms with van der Waals surface area (Å²) in [5.74, 6) is -1.60. The number of carbonyl (C=O) groups excluding carboxylic acids is 2. The molecular weight excluding hydrogens is 262 g/mol. The predicted molar refractivity (Wildman–Crippen MR) is 73.1 cm³/mol. The van der Waals surface area contributed by atoms with Crippen LogP contribution in [0.15, 0.2) is 24.3 Å². The number of carboxylic acid groups (broad SMARTS) is 1. The van der Waals surface area contributed by atoms with Crippen LogP contribution < -0.4 is 16.4 Å². The lowest BCUT2D eigenvalue weighted by molar-refractivity contribution is -0.137. The first kappa shape index (κ1) is 15.6. The van der Waals surface area contributed by atoms with Gasteiger partial charge in [-0.3, -0.25) is 14.4 Å². The Morgan fingerprint density at radius 3 is 2.30 bits per heavy atom. The van der Waals surface area contributed by atoms with E-state index in [2.05, 4.69) is 10.6 Å². The van der Waals surface area contributed by atoms with E-state index in [1.165, 1.54) is 0 Å². The Morgan fingerprint density at radius 1 is 1.10 bits per heavy atom. The third kappa shape index (κ3) is 5.96. The van der Waals surface area contributed by atoms with Crippen molar-refractivity contribution in [2.24, 2.45) is 5.73 Å². The molecule has 7 nitrogen and oxygen atoms in total. The molecular formula is C13H17N3O4. The molecule has 0 fully saturated rings. The quantitative estimate of drug-likeness (QED) is 0.547. The minimum Gasteiger partial charge on any atom is -0.481 e.